The van der Waals surface area contributed by atoms with E-state index in [1.165, 1.54) is 0 Å². The first-order chi connectivity index (χ1) is 11.2. The fourth-order valence-electron chi connectivity index (χ4n) is 3.05. The first kappa shape index (κ1) is 16.6. The van der Waals surface area contributed by atoms with Crippen molar-refractivity contribution in [1.82, 2.24) is 19.6 Å². The van der Waals surface area contributed by atoms with E-state index < -0.39 is 5.60 Å². The molecule has 0 N–H and O–H groups in total. The molecule has 1 aromatic rings. The summed E-state index contributed by atoms with van der Waals surface area (Å²) in [6, 6.07) is -0.0507. The van der Waals surface area contributed by atoms with Crippen molar-refractivity contribution >= 4 is 17.8 Å². The Balaban J connectivity index is 1.84. The summed E-state index contributed by atoms with van der Waals surface area (Å²) < 4.78 is 7.39. The molecule has 1 aromatic heterocycles. The Bertz CT molecular complexity index is 663. The van der Waals surface area contributed by atoms with Crippen LogP contribution in [0.5, 0.6) is 0 Å². The quantitative estimate of drug-likeness (QED) is 0.786. The number of nitrogens with zero attached hydrogens (tertiary/aromatic N) is 5. The summed E-state index contributed by atoms with van der Waals surface area (Å²) in [5.41, 5.74) is 1.12. The van der Waals surface area contributed by atoms with Gasteiger partial charge >= 0.3 is 12.1 Å². The summed E-state index contributed by atoms with van der Waals surface area (Å²) in [6.07, 6.45) is 1.39. The van der Waals surface area contributed by atoms with E-state index >= 15 is 0 Å². The summed E-state index contributed by atoms with van der Waals surface area (Å²) in [5, 5.41) is 4.41. The van der Waals surface area contributed by atoms with Crippen molar-refractivity contribution < 1.29 is 14.3 Å². The Morgan fingerprint density at radius 2 is 2.04 bits per heavy atom. The van der Waals surface area contributed by atoms with Gasteiger partial charge in [0.1, 0.15) is 5.60 Å². The predicted molar refractivity (Wildman–Crippen MR) is 88.8 cm³/mol. The lowest BCUT2D eigenvalue weighted by Gasteiger charge is -2.35. The number of carbonyl (C=O) groups is 2. The van der Waals surface area contributed by atoms with Crippen LogP contribution in [-0.4, -0.2) is 63.5 Å². The van der Waals surface area contributed by atoms with Gasteiger partial charge in [-0.25, -0.2) is 9.59 Å². The van der Waals surface area contributed by atoms with Crippen LogP contribution in [0.25, 0.3) is 0 Å². The molecule has 0 saturated carbocycles. The van der Waals surface area contributed by atoms with Crippen LogP contribution in [0.4, 0.5) is 15.3 Å². The number of amides is 3. The van der Waals surface area contributed by atoms with Gasteiger partial charge in [-0.05, 0) is 27.7 Å². The van der Waals surface area contributed by atoms with Gasteiger partial charge in [-0.1, -0.05) is 0 Å². The van der Waals surface area contributed by atoms with Crippen molar-refractivity contribution in [3.05, 3.63) is 11.9 Å². The molecule has 0 aliphatic carbocycles. The van der Waals surface area contributed by atoms with Gasteiger partial charge in [-0.3, -0.25) is 14.5 Å². The van der Waals surface area contributed by atoms with Crippen LogP contribution < -0.4 is 4.90 Å². The average molecular weight is 335 g/mol. The number of likely N-dealkylation sites (N-methyl/N-ethyl adjacent to an activating group) is 1. The lowest BCUT2D eigenvalue weighted by molar-refractivity contribution is 0.00914. The minimum absolute atomic E-state index is 0.0166. The van der Waals surface area contributed by atoms with E-state index in [0.29, 0.717) is 26.2 Å². The van der Waals surface area contributed by atoms with Crippen LogP contribution in [0.2, 0.25) is 0 Å². The Labute approximate surface area is 141 Å². The van der Waals surface area contributed by atoms with Crippen molar-refractivity contribution in [3.8, 4) is 0 Å². The molecule has 24 heavy (non-hydrogen) atoms. The van der Waals surface area contributed by atoms with E-state index in [4.69, 9.17) is 4.74 Å². The minimum Gasteiger partial charge on any atom is -0.444 e. The number of anilines is 1. The molecule has 2 aliphatic heterocycles. The Kier molecular flexibility index (Phi) is 3.93. The Morgan fingerprint density at radius 3 is 2.62 bits per heavy atom. The third kappa shape index (κ3) is 2.92. The topological polar surface area (TPSA) is 70.9 Å². The van der Waals surface area contributed by atoms with Crippen LogP contribution in [0.3, 0.4) is 0 Å². The molecule has 3 rings (SSSR count). The summed E-state index contributed by atoms with van der Waals surface area (Å²) in [6.45, 7) is 9.84. The fourth-order valence-corrected chi connectivity index (χ4v) is 3.05. The smallest absolute Gasteiger partial charge is 0.410 e. The molecule has 0 aromatic carbocycles. The second kappa shape index (κ2) is 5.68. The molecule has 0 unspecified atom stereocenters. The van der Waals surface area contributed by atoms with Crippen LogP contribution in [-0.2, 0) is 17.8 Å². The highest BCUT2D eigenvalue weighted by molar-refractivity contribution is 5.94. The molecule has 0 bridgehead atoms. The van der Waals surface area contributed by atoms with Crippen molar-refractivity contribution in [1.29, 1.82) is 0 Å². The number of aromatic nitrogens is 2. The molecule has 1 atom stereocenters. The number of urea groups is 1. The van der Waals surface area contributed by atoms with Gasteiger partial charge in [-0.15, -0.1) is 0 Å². The normalized spacial score (nSPS) is 21.3. The molecule has 3 heterocycles. The lowest BCUT2D eigenvalue weighted by atomic mass is 10.2. The maximum absolute atomic E-state index is 12.5. The Morgan fingerprint density at radius 1 is 1.33 bits per heavy atom. The molecular weight excluding hydrogens is 310 g/mol. The zero-order valence-corrected chi connectivity index (χ0v) is 14.9. The highest BCUT2D eigenvalue weighted by Crippen LogP contribution is 2.29. The summed E-state index contributed by atoms with van der Waals surface area (Å²) in [5.74, 6) is 0. The molecule has 132 valence electrons. The predicted octanol–water partition coefficient (Wildman–Crippen LogP) is 1.89. The van der Waals surface area contributed by atoms with Gasteiger partial charge in [0.15, 0.2) is 0 Å². The van der Waals surface area contributed by atoms with E-state index in [1.807, 2.05) is 32.4 Å². The number of rotatable bonds is 1. The molecule has 0 radical (unpaired) electrons. The van der Waals surface area contributed by atoms with E-state index in [1.54, 1.807) is 27.9 Å². The van der Waals surface area contributed by atoms with Crippen LogP contribution in [0.1, 0.15) is 33.4 Å². The largest absolute Gasteiger partial charge is 0.444 e. The molecule has 1 fully saturated rings. The molecule has 2 aliphatic rings. The SMILES string of the molecule is C[C@H]1Cn2ncc(N3CCN(C)C3=O)c2CN1C(=O)OC(C)(C)C. The number of carbonyl (C=O) groups excluding carboxylic acids is 2. The van der Waals surface area contributed by atoms with Crippen LogP contribution >= 0.6 is 0 Å². The summed E-state index contributed by atoms with van der Waals surface area (Å²) in [7, 11) is 1.79. The van der Waals surface area contributed by atoms with Gasteiger partial charge in [0.2, 0.25) is 0 Å². The number of fused-ring (bicyclic) bond motifs is 1. The van der Waals surface area contributed by atoms with Crippen molar-refractivity contribution in [3.63, 3.8) is 0 Å². The lowest BCUT2D eigenvalue weighted by Crippen LogP contribution is -2.47. The van der Waals surface area contributed by atoms with Gasteiger partial charge in [-0.2, -0.15) is 5.10 Å². The van der Waals surface area contributed by atoms with Crippen molar-refractivity contribution in [2.24, 2.45) is 0 Å². The van der Waals surface area contributed by atoms with E-state index in [2.05, 4.69) is 5.10 Å². The number of ether oxygens (including phenoxy) is 1. The first-order valence-corrected chi connectivity index (χ1v) is 8.24. The third-order valence-corrected chi connectivity index (χ3v) is 4.35. The second-order valence-corrected chi connectivity index (χ2v) is 7.47. The molecule has 0 spiro atoms. The maximum atomic E-state index is 12.5. The standard InChI is InChI=1S/C16H25N5O3/c1-11-9-21-13(10-20(11)15(23)24-16(2,3)4)12(8-17-21)19-7-6-18(5)14(19)22/h8,11H,6-7,9-10H2,1-5H3/t11-/m0/s1. The fraction of sp³-hybridized carbons (Fsp3) is 0.688. The van der Waals surface area contributed by atoms with Crippen molar-refractivity contribution in [2.45, 2.75) is 52.4 Å². The van der Waals surface area contributed by atoms with Crippen molar-refractivity contribution in [2.75, 3.05) is 25.0 Å². The zero-order valence-electron chi connectivity index (χ0n) is 14.9. The van der Waals surface area contributed by atoms with Gasteiger partial charge < -0.3 is 9.64 Å². The number of hydrogen-bond acceptors (Lipinski definition) is 4. The maximum Gasteiger partial charge on any atom is 0.410 e. The van der Waals surface area contributed by atoms with Crippen LogP contribution in [0, 0.1) is 0 Å². The third-order valence-electron chi connectivity index (χ3n) is 4.35. The molecule has 8 nitrogen and oxygen atoms in total. The molecular formula is C16H25N5O3. The van der Waals surface area contributed by atoms with Gasteiger partial charge in [0.25, 0.3) is 0 Å². The molecule has 3 amide bonds. The van der Waals surface area contributed by atoms with Crippen LogP contribution in [0.15, 0.2) is 6.20 Å². The van der Waals surface area contributed by atoms with E-state index in [0.717, 1.165) is 11.4 Å². The number of hydrogen-bond donors (Lipinski definition) is 0. The highest BCUT2D eigenvalue weighted by Gasteiger charge is 2.36. The Hall–Kier alpha value is -2.25. The minimum atomic E-state index is -0.537. The average Bonchev–Trinajstić information content (AvgIpc) is 3.00. The highest BCUT2D eigenvalue weighted by atomic mass is 16.6. The molecule has 8 heteroatoms. The van der Waals surface area contributed by atoms with Gasteiger partial charge in [0, 0.05) is 20.1 Å². The first-order valence-electron chi connectivity index (χ1n) is 8.24. The zero-order chi connectivity index (χ0) is 17.6. The molecule has 1 saturated heterocycles. The van der Waals surface area contributed by atoms with Gasteiger partial charge in [0.05, 0.1) is 36.7 Å². The second-order valence-electron chi connectivity index (χ2n) is 7.47. The summed E-state index contributed by atoms with van der Waals surface area (Å²) >= 11 is 0. The van der Waals surface area contributed by atoms with E-state index in [9.17, 15) is 9.59 Å². The summed E-state index contributed by atoms with van der Waals surface area (Å²) in [4.78, 5) is 29.9. The monoisotopic (exact) mass is 335 g/mol. The van der Waals surface area contributed by atoms with E-state index in [-0.39, 0.29) is 18.2 Å².